The zero-order valence-corrected chi connectivity index (χ0v) is 35.3. The number of hydrogen-bond acceptors (Lipinski definition) is 1. The Kier molecular flexibility index (Phi) is 8.55. The van der Waals surface area contributed by atoms with E-state index in [0.717, 1.165) is 22.7 Å². The van der Waals surface area contributed by atoms with Crippen molar-refractivity contribution < 1.29 is 0 Å². The molecule has 0 saturated heterocycles. The molecule has 0 bridgehead atoms. The molecule has 0 amide bonds. The second-order valence-corrected chi connectivity index (χ2v) is 17.3. The molecule has 0 N–H and O–H groups in total. The molecule has 2 heteroatoms. The van der Waals surface area contributed by atoms with E-state index in [-0.39, 0.29) is 5.41 Å². The van der Waals surface area contributed by atoms with Crippen molar-refractivity contribution in [2.75, 3.05) is 4.90 Å². The summed E-state index contributed by atoms with van der Waals surface area (Å²) in [6.07, 6.45) is 0. The highest BCUT2D eigenvalue weighted by Crippen LogP contribution is 2.53. The van der Waals surface area contributed by atoms with Crippen LogP contribution in [0.4, 0.5) is 17.1 Å². The van der Waals surface area contributed by atoms with Gasteiger partial charge in [0.05, 0.1) is 16.7 Å². The summed E-state index contributed by atoms with van der Waals surface area (Å²) >= 11 is 0. The van der Waals surface area contributed by atoms with Gasteiger partial charge < -0.3 is 9.47 Å². The van der Waals surface area contributed by atoms with Crippen molar-refractivity contribution >= 4 is 49.6 Å². The fourth-order valence-corrected chi connectivity index (χ4v) is 10.4. The lowest BCUT2D eigenvalue weighted by Gasteiger charge is -2.28. The van der Waals surface area contributed by atoms with Crippen LogP contribution in [0.1, 0.15) is 25.0 Å². The van der Waals surface area contributed by atoms with E-state index in [1.165, 1.54) is 88.2 Å². The number of anilines is 3. The van der Waals surface area contributed by atoms with Crippen LogP contribution >= 0.6 is 0 Å². The topological polar surface area (TPSA) is 8.17 Å². The molecule has 0 aliphatic heterocycles. The largest absolute Gasteiger partial charge is 0.310 e. The molecule has 63 heavy (non-hydrogen) atoms. The van der Waals surface area contributed by atoms with Crippen LogP contribution in [0, 0.1) is 0 Å². The van der Waals surface area contributed by atoms with Crippen LogP contribution in [0.5, 0.6) is 0 Å². The van der Waals surface area contributed by atoms with Gasteiger partial charge in [0, 0.05) is 38.6 Å². The van der Waals surface area contributed by atoms with Crippen LogP contribution in [-0.2, 0) is 5.41 Å². The van der Waals surface area contributed by atoms with Gasteiger partial charge in [-0.1, -0.05) is 190 Å². The number of hydrogen-bond donors (Lipinski definition) is 0. The first-order chi connectivity index (χ1) is 31.0. The first kappa shape index (κ1) is 36.9. The molecule has 298 valence electrons. The van der Waals surface area contributed by atoms with E-state index < -0.39 is 0 Å². The Hall–Kier alpha value is -7.94. The number of aromatic nitrogens is 1. The number of fused-ring (bicyclic) bond motifs is 7. The Morgan fingerprint density at radius 3 is 1.44 bits per heavy atom. The number of nitrogens with zero attached hydrogens (tertiary/aromatic N) is 2. The highest BCUT2D eigenvalue weighted by Gasteiger charge is 2.36. The standard InChI is InChI=1S/C61H44N2/c1-61(2)55-23-11-8-21-54(55)60-53(22-14-24-56(60)61)49-39-40-59(50-18-7-6-17-48(49)50)62(45-33-27-42(28-34-45)41-15-4-3-5-16-41)46-35-29-43(30-36-46)44-31-37-47(38-32-44)63-57-25-12-9-19-51(57)52-20-10-13-26-58(52)63/h3-40H,1-2H3. The minimum atomic E-state index is -0.0685. The monoisotopic (exact) mass is 804 g/mol. The summed E-state index contributed by atoms with van der Waals surface area (Å²) in [5.74, 6) is 0. The van der Waals surface area contributed by atoms with Gasteiger partial charge in [0.15, 0.2) is 0 Å². The average Bonchev–Trinajstić information content (AvgIpc) is 3.81. The molecule has 1 aromatic heterocycles. The van der Waals surface area contributed by atoms with Crippen LogP contribution in [0.15, 0.2) is 231 Å². The van der Waals surface area contributed by atoms with Crippen molar-refractivity contribution in [1.29, 1.82) is 0 Å². The smallest absolute Gasteiger partial charge is 0.0541 e. The quantitative estimate of drug-likeness (QED) is 0.156. The molecule has 0 spiro atoms. The molecule has 0 radical (unpaired) electrons. The predicted octanol–water partition coefficient (Wildman–Crippen LogP) is 16.7. The normalized spacial score (nSPS) is 12.7. The SMILES string of the molecule is CC1(C)c2ccccc2-c2c(-c3ccc(N(c4ccc(-c5ccccc5)cc4)c4ccc(-c5ccc(-n6c7ccccc7c7ccccc76)cc5)cc4)c4ccccc34)cccc21. The Bertz CT molecular complexity index is 3450. The van der Waals surface area contributed by atoms with E-state index in [9.17, 15) is 0 Å². The molecule has 0 unspecified atom stereocenters. The molecule has 10 aromatic carbocycles. The Morgan fingerprint density at radius 2 is 0.810 bits per heavy atom. The maximum Gasteiger partial charge on any atom is 0.0541 e. The maximum absolute atomic E-state index is 2.42. The molecule has 1 heterocycles. The minimum absolute atomic E-state index is 0.0685. The van der Waals surface area contributed by atoms with Crippen molar-refractivity contribution in [3.05, 3.63) is 242 Å². The maximum atomic E-state index is 2.42. The Labute approximate surface area is 368 Å². The summed E-state index contributed by atoms with van der Waals surface area (Å²) < 4.78 is 2.37. The van der Waals surface area contributed by atoms with Crippen molar-refractivity contribution in [2.45, 2.75) is 19.3 Å². The lowest BCUT2D eigenvalue weighted by Crippen LogP contribution is -2.14. The van der Waals surface area contributed by atoms with Crippen molar-refractivity contribution in [1.82, 2.24) is 4.57 Å². The Morgan fingerprint density at radius 1 is 0.333 bits per heavy atom. The van der Waals surface area contributed by atoms with Gasteiger partial charge in [0.2, 0.25) is 0 Å². The molecule has 0 fully saturated rings. The fourth-order valence-electron chi connectivity index (χ4n) is 10.4. The molecule has 0 atom stereocenters. The van der Waals surface area contributed by atoms with Gasteiger partial charge >= 0.3 is 0 Å². The summed E-state index contributed by atoms with van der Waals surface area (Å²) in [7, 11) is 0. The highest BCUT2D eigenvalue weighted by molar-refractivity contribution is 6.10. The van der Waals surface area contributed by atoms with Gasteiger partial charge in [-0.3, -0.25) is 0 Å². The van der Waals surface area contributed by atoms with Crippen LogP contribution in [0.3, 0.4) is 0 Å². The molecular weight excluding hydrogens is 761 g/mol. The number of para-hydroxylation sites is 2. The van der Waals surface area contributed by atoms with E-state index in [2.05, 4.69) is 254 Å². The third-order valence-electron chi connectivity index (χ3n) is 13.4. The molecular formula is C61H44N2. The zero-order chi connectivity index (χ0) is 42.1. The zero-order valence-electron chi connectivity index (χ0n) is 35.3. The van der Waals surface area contributed by atoms with Crippen LogP contribution in [0.2, 0.25) is 0 Å². The van der Waals surface area contributed by atoms with E-state index in [1.807, 2.05) is 0 Å². The average molecular weight is 805 g/mol. The molecule has 2 nitrogen and oxygen atoms in total. The van der Waals surface area contributed by atoms with Crippen molar-refractivity contribution in [2.24, 2.45) is 0 Å². The predicted molar refractivity (Wildman–Crippen MR) is 267 cm³/mol. The lowest BCUT2D eigenvalue weighted by atomic mass is 9.82. The van der Waals surface area contributed by atoms with E-state index in [0.29, 0.717) is 0 Å². The number of benzene rings is 10. The summed E-state index contributed by atoms with van der Waals surface area (Å²) in [5, 5.41) is 4.98. The first-order valence-corrected chi connectivity index (χ1v) is 21.9. The second kappa shape index (κ2) is 14.6. The summed E-state index contributed by atoms with van der Waals surface area (Å²) in [6, 6.07) is 84.5. The van der Waals surface area contributed by atoms with E-state index >= 15 is 0 Å². The lowest BCUT2D eigenvalue weighted by molar-refractivity contribution is 0.660. The molecule has 11 aromatic rings. The molecule has 1 aliphatic carbocycles. The van der Waals surface area contributed by atoms with Crippen molar-refractivity contribution in [3.63, 3.8) is 0 Å². The third kappa shape index (κ3) is 5.94. The second-order valence-electron chi connectivity index (χ2n) is 17.3. The molecule has 0 saturated carbocycles. The number of rotatable bonds is 7. The summed E-state index contributed by atoms with van der Waals surface area (Å²) in [6.45, 7) is 4.72. The van der Waals surface area contributed by atoms with Gasteiger partial charge in [0.1, 0.15) is 0 Å². The van der Waals surface area contributed by atoms with Gasteiger partial charge in [-0.2, -0.15) is 0 Å². The van der Waals surface area contributed by atoms with Crippen LogP contribution in [-0.4, -0.2) is 4.57 Å². The summed E-state index contributed by atoms with van der Waals surface area (Å²) in [5.41, 5.74) is 19.6. The van der Waals surface area contributed by atoms with Gasteiger partial charge in [-0.05, 0) is 116 Å². The van der Waals surface area contributed by atoms with E-state index in [1.54, 1.807) is 0 Å². The third-order valence-corrected chi connectivity index (χ3v) is 13.4. The Balaban J connectivity index is 0.963. The minimum Gasteiger partial charge on any atom is -0.310 e. The van der Waals surface area contributed by atoms with Gasteiger partial charge in [-0.25, -0.2) is 0 Å². The van der Waals surface area contributed by atoms with Crippen molar-refractivity contribution in [3.8, 4) is 50.2 Å². The highest BCUT2D eigenvalue weighted by atomic mass is 15.1. The van der Waals surface area contributed by atoms with Crippen LogP contribution in [0.25, 0.3) is 82.8 Å². The van der Waals surface area contributed by atoms with E-state index in [4.69, 9.17) is 0 Å². The first-order valence-electron chi connectivity index (χ1n) is 21.9. The molecule has 1 aliphatic rings. The van der Waals surface area contributed by atoms with Gasteiger partial charge in [-0.15, -0.1) is 0 Å². The fraction of sp³-hybridized carbons (Fsp3) is 0.0492. The summed E-state index contributed by atoms with van der Waals surface area (Å²) in [4.78, 5) is 2.42. The van der Waals surface area contributed by atoms with Crippen LogP contribution < -0.4 is 4.90 Å². The molecule has 12 rings (SSSR count). The van der Waals surface area contributed by atoms with Gasteiger partial charge in [0.25, 0.3) is 0 Å².